The molecule has 160 valence electrons. The van der Waals surface area contributed by atoms with E-state index in [1.54, 1.807) is 37.3 Å². The highest BCUT2D eigenvalue weighted by molar-refractivity contribution is 7.26. The average Bonchev–Trinajstić information content (AvgIpc) is 3.13. The molecule has 0 radical (unpaired) electrons. The molecule has 0 atom stereocenters. The average molecular weight is 443 g/mol. The molecule has 5 heteroatoms. The van der Waals surface area contributed by atoms with Crippen molar-refractivity contribution in [2.45, 2.75) is 20.8 Å². The Labute approximate surface area is 190 Å². The van der Waals surface area contributed by atoms with E-state index in [9.17, 15) is 9.59 Å². The Kier molecular flexibility index (Phi) is 5.68. The van der Waals surface area contributed by atoms with Crippen LogP contribution in [0.4, 0.5) is 0 Å². The standard InChI is InChI=1S/C27H22O4S/c1-15(2)26(28)30-19-8-6-18(7-9-19)21-12-13-23-22-11-10-20(31-27(29)16(3)4)14-24(22)32-25(23)17(21)5/h6-14H,1,3H2,2,4-5H3. The summed E-state index contributed by atoms with van der Waals surface area (Å²) in [4.78, 5) is 23.6. The van der Waals surface area contributed by atoms with Gasteiger partial charge in [-0.25, -0.2) is 9.59 Å². The van der Waals surface area contributed by atoms with E-state index in [0.717, 1.165) is 32.2 Å². The second kappa shape index (κ2) is 8.44. The maximum Gasteiger partial charge on any atom is 0.338 e. The molecule has 0 bridgehead atoms. The largest absolute Gasteiger partial charge is 0.423 e. The number of carbonyl (C=O) groups is 2. The molecule has 4 aromatic rings. The van der Waals surface area contributed by atoms with Crippen molar-refractivity contribution >= 4 is 43.4 Å². The Morgan fingerprint density at radius 1 is 0.781 bits per heavy atom. The first kappa shape index (κ1) is 21.5. The number of fused-ring (bicyclic) bond motifs is 3. The van der Waals surface area contributed by atoms with Crippen molar-refractivity contribution in [1.82, 2.24) is 0 Å². The van der Waals surface area contributed by atoms with Gasteiger partial charge in [-0.1, -0.05) is 37.4 Å². The summed E-state index contributed by atoms with van der Waals surface area (Å²) in [6.07, 6.45) is 0. The van der Waals surface area contributed by atoms with Crippen molar-refractivity contribution in [3.05, 3.63) is 84.5 Å². The molecule has 0 saturated carbocycles. The van der Waals surface area contributed by atoms with Gasteiger partial charge >= 0.3 is 11.9 Å². The topological polar surface area (TPSA) is 52.6 Å². The zero-order chi connectivity index (χ0) is 23.0. The van der Waals surface area contributed by atoms with Crippen molar-refractivity contribution in [1.29, 1.82) is 0 Å². The third-order valence-electron chi connectivity index (χ3n) is 5.14. The van der Waals surface area contributed by atoms with Gasteiger partial charge in [-0.15, -0.1) is 11.3 Å². The lowest BCUT2D eigenvalue weighted by Gasteiger charge is -2.09. The van der Waals surface area contributed by atoms with Gasteiger partial charge in [0.1, 0.15) is 11.5 Å². The zero-order valence-corrected chi connectivity index (χ0v) is 19.0. The lowest BCUT2D eigenvalue weighted by Crippen LogP contribution is -2.07. The van der Waals surface area contributed by atoms with E-state index < -0.39 is 11.9 Å². The van der Waals surface area contributed by atoms with Crippen molar-refractivity contribution in [3.63, 3.8) is 0 Å². The minimum absolute atomic E-state index is 0.359. The molecule has 0 aliphatic rings. The summed E-state index contributed by atoms with van der Waals surface area (Å²) in [5.74, 6) is 0.129. The van der Waals surface area contributed by atoms with E-state index in [4.69, 9.17) is 9.47 Å². The number of benzene rings is 3. The van der Waals surface area contributed by atoms with Gasteiger partial charge < -0.3 is 9.47 Å². The fraction of sp³-hybridized carbons (Fsp3) is 0.111. The molecule has 0 aliphatic heterocycles. The van der Waals surface area contributed by atoms with Crippen LogP contribution in [-0.2, 0) is 9.59 Å². The molecule has 0 N–H and O–H groups in total. The van der Waals surface area contributed by atoms with Crippen LogP contribution in [0.2, 0.25) is 0 Å². The molecule has 0 saturated heterocycles. The number of hydrogen-bond acceptors (Lipinski definition) is 5. The molecule has 4 nitrogen and oxygen atoms in total. The summed E-state index contributed by atoms with van der Waals surface area (Å²) < 4.78 is 12.9. The van der Waals surface area contributed by atoms with E-state index >= 15 is 0 Å². The molecule has 0 spiro atoms. The molecule has 4 rings (SSSR count). The monoisotopic (exact) mass is 442 g/mol. The minimum Gasteiger partial charge on any atom is -0.423 e. The van der Waals surface area contributed by atoms with Gasteiger partial charge in [0.2, 0.25) is 0 Å². The smallest absolute Gasteiger partial charge is 0.338 e. The van der Waals surface area contributed by atoms with Gasteiger partial charge in [0.25, 0.3) is 0 Å². The molecule has 0 unspecified atom stereocenters. The Morgan fingerprint density at radius 3 is 1.97 bits per heavy atom. The quantitative estimate of drug-likeness (QED) is 0.190. The predicted molar refractivity (Wildman–Crippen MR) is 130 cm³/mol. The number of ether oxygens (including phenoxy) is 2. The lowest BCUT2D eigenvalue weighted by molar-refractivity contribution is -0.130. The molecule has 0 amide bonds. The lowest BCUT2D eigenvalue weighted by atomic mass is 9.98. The van der Waals surface area contributed by atoms with Crippen molar-refractivity contribution in [3.8, 4) is 22.6 Å². The Bertz CT molecular complexity index is 1410. The van der Waals surface area contributed by atoms with Crippen LogP contribution in [0.3, 0.4) is 0 Å². The molecule has 1 heterocycles. The van der Waals surface area contributed by atoms with Crippen LogP contribution >= 0.6 is 11.3 Å². The van der Waals surface area contributed by atoms with Gasteiger partial charge in [0.05, 0.1) is 0 Å². The molecule has 1 aromatic heterocycles. The van der Waals surface area contributed by atoms with Crippen LogP contribution in [0.25, 0.3) is 31.3 Å². The molecule has 0 fully saturated rings. The third kappa shape index (κ3) is 4.07. The fourth-order valence-corrected chi connectivity index (χ4v) is 4.66. The van der Waals surface area contributed by atoms with E-state index in [-0.39, 0.29) is 0 Å². The number of thiophene rings is 1. The summed E-state index contributed by atoms with van der Waals surface area (Å²) in [7, 11) is 0. The highest BCUT2D eigenvalue weighted by Gasteiger charge is 2.14. The molecule has 0 aliphatic carbocycles. The summed E-state index contributed by atoms with van der Waals surface area (Å²) >= 11 is 1.67. The van der Waals surface area contributed by atoms with Gasteiger partial charge in [-0.2, -0.15) is 0 Å². The van der Waals surface area contributed by atoms with Crippen molar-refractivity contribution in [2.24, 2.45) is 0 Å². The van der Waals surface area contributed by atoms with Crippen molar-refractivity contribution < 1.29 is 19.1 Å². The van der Waals surface area contributed by atoms with Gasteiger partial charge in [0, 0.05) is 31.3 Å². The zero-order valence-electron chi connectivity index (χ0n) is 18.2. The van der Waals surface area contributed by atoms with Crippen LogP contribution in [0.1, 0.15) is 19.4 Å². The molecule has 32 heavy (non-hydrogen) atoms. The van der Waals surface area contributed by atoms with Gasteiger partial charge in [-0.3, -0.25) is 0 Å². The first-order valence-corrected chi connectivity index (χ1v) is 10.9. The maximum atomic E-state index is 11.8. The predicted octanol–water partition coefficient (Wildman–Crippen LogP) is 6.99. The van der Waals surface area contributed by atoms with Crippen LogP contribution in [0, 0.1) is 6.92 Å². The van der Waals surface area contributed by atoms with Crippen LogP contribution in [0.15, 0.2) is 78.9 Å². The number of carbonyl (C=O) groups excluding carboxylic acids is 2. The SMILES string of the molecule is C=C(C)C(=O)Oc1ccc(-c2ccc3c(sc4cc(OC(=O)C(=C)C)ccc43)c2C)cc1. The maximum absolute atomic E-state index is 11.8. The molecular weight excluding hydrogens is 420 g/mol. The van der Waals surface area contributed by atoms with Crippen LogP contribution in [-0.4, -0.2) is 11.9 Å². The fourth-order valence-electron chi connectivity index (χ4n) is 3.42. The van der Waals surface area contributed by atoms with E-state index in [0.29, 0.717) is 22.6 Å². The number of rotatable bonds is 5. The Hall–Kier alpha value is -3.70. The summed E-state index contributed by atoms with van der Waals surface area (Å²) in [6.45, 7) is 12.6. The second-order valence-corrected chi connectivity index (χ2v) is 8.79. The van der Waals surface area contributed by atoms with E-state index in [1.165, 1.54) is 4.70 Å². The number of esters is 2. The minimum atomic E-state index is -0.436. The first-order valence-electron chi connectivity index (χ1n) is 10.1. The first-order chi connectivity index (χ1) is 15.2. The summed E-state index contributed by atoms with van der Waals surface area (Å²) in [5.41, 5.74) is 4.03. The van der Waals surface area contributed by atoms with Crippen molar-refractivity contribution in [2.75, 3.05) is 0 Å². The molecule has 3 aromatic carbocycles. The normalized spacial score (nSPS) is 10.8. The highest BCUT2D eigenvalue weighted by atomic mass is 32.1. The Morgan fingerprint density at radius 2 is 1.34 bits per heavy atom. The highest BCUT2D eigenvalue weighted by Crippen LogP contribution is 2.41. The second-order valence-electron chi connectivity index (χ2n) is 7.74. The third-order valence-corrected chi connectivity index (χ3v) is 6.43. The van der Waals surface area contributed by atoms with Gasteiger partial charge in [-0.05, 0) is 67.8 Å². The summed E-state index contributed by atoms with van der Waals surface area (Å²) in [6, 6.07) is 17.4. The molecular formula is C27H22O4S. The number of aryl methyl sites for hydroxylation is 1. The van der Waals surface area contributed by atoms with E-state index in [1.807, 2.05) is 30.3 Å². The van der Waals surface area contributed by atoms with Crippen LogP contribution < -0.4 is 9.47 Å². The summed E-state index contributed by atoms with van der Waals surface area (Å²) in [5, 5.41) is 2.29. The van der Waals surface area contributed by atoms with Crippen LogP contribution in [0.5, 0.6) is 11.5 Å². The Balaban J connectivity index is 1.69. The van der Waals surface area contributed by atoms with Gasteiger partial charge in [0.15, 0.2) is 0 Å². The number of hydrogen-bond donors (Lipinski definition) is 0. The van der Waals surface area contributed by atoms with E-state index in [2.05, 4.69) is 32.2 Å².